The minimum atomic E-state index is -3.77. The van der Waals surface area contributed by atoms with E-state index in [1.807, 2.05) is 0 Å². The third-order valence-electron chi connectivity index (χ3n) is 2.72. The Kier molecular flexibility index (Phi) is 4.07. The van der Waals surface area contributed by atoms with Crippen molar-refractivity contribution in [3.8, 4) is 16.9 Å². The fourth-order valence-electron chi connectivity index (χ4n) is 2.01. The fraction of sp³-hybridized carbons (Fsp3) is 0.250. The molecule has 0 unspecified atom stereocenters. The van der Waals surface area contributed by atoms with Gasteiger partial charge in [-0.2, -0.15) is 0 Å². The van der Waals surface area contributed by atoms with E-state index < -0.39 is 15.6 Å². The van der Waals surface area contributed by atoms with Gasteiger partial charge in [0.05, 0.1) is 4.90 Å². The van der Waals surface area contributed by atoms with Crippen LogP contribution in [0.4, 0.5) is 0 Å². The van der Waals surface area contributed by atoms with Gasteiger partial charge in [-0.15, -0.1) is 5.54 Å². The molecule has 0 bridgehead atoms. The molecule has 2 rings (SSSR count). The van der Waals surface area contributed by atoms with Crippen molar-refractivity contribution < 1.29 is 13.5 Å². The Morgan fingerprint density at radius 1 is 1.00 bits per heavy atom. The predicted molar refractivity (Wildman–Crippen MR) is 83.8 cm³/mol. The average molecular weight is 304 g/mol. The standard InChI is InChI=1S/C16H18NO3S/c1-16(2,3)17-21(19,20)15-10-5-4-9-14(15)12-7-6-8-13(18)11-12/h4-11,18H,1-3H3/q-1. The fourth-order valence-corrected chi connectivity index (χ4v) is 3.55. The van der Waals surface area contributed by atoms with Crippen molar-refractivity contribution in [2.45, 2.75) is 31.2 Å². The van der Waals surface area contributed by atoms with Crippen molar-refractivity contribution >= 4 is 10.0 Å². The first-order chi connectivity index (χ1) is 9.69. The highest BCUT2D eigenvalue weighted by Gasteiger charge is 2.15. The number of hydrogen-bond acceptors (Lipinski definition) is 3. The van der Waals surface area contributed by atoms with Crippen LogP contribution >= 0.6 is 0 Å². The minimum absolute atomic E-state index is 0.0902. The lowest BCUT2D eigenvalue weighted by Gasteiger charge is -2.36. The number of phenolic OH excluding ortho intramolecular Hbond substituents is 1. The van der Waals surface area contributed by atoms with Crippen molar-refractivity contribution in [3.63, 3.8) is 0 Å². The summed E-state index contributed by atoms with van der Waals surface area (Å²) in [6.07, 6.45) is 0. The lowest BCUT2D eigenvalue weighted by molar-refractivity contribution is 0.475. The van der Waals surface area contributed by atoms with Crippen molar-refractivity contribution in [3.05, 3.63) is 53.3 Å². The number of nitrogens with zero attached hydrogens (tertiary/aromatic N) is 1. The molecule has 2 aromatic carbocycles. The van der Waals surface area contributed by atoms with Gasteiger partial charge in [0.25, 0.3) is 0 Å². The van der Waals surface area contributed by atoms with Gasteiger partial charge in [0.15, 0.2) is 0 Å². The summed E-state index contributed by atoms with van der Waals surface area (Å²) >= 11 is 0. The van der Waals surface area contributed by atoms with Crippen LogP contribution in [-0.4, -0.2) is 19.1 Å². The maximum Gasteiger partial charge on any atom is 0.116 e. The molecule has 21 heavy (non-hydrogen) atoms. The Morgan fingerprint density at radius 2 is 1.67 bits per heavy atom. The van der Waals surface area contributed by atoms with Crippen LogP contribution in [0.1, 0.15) is 20.8 Å². The first kappa shape index (κ1) is 15.5. The Labute approximate surface area is 125 Å². The Bertz CT molecular complexity index is 746. The van der Waals surface area contributed by atoms with E-state index in [1.54, 1.807) is 57.2 Å². The molecule has 0 aliphatic rings. The zero-order chi connectivity index (χ0) is 15.7. The molecule has 0 aliphatic heterocycles. The molecule has 0 spiro atoms. The van der Waals surface area contributed by atoms with E-state index in [0.29, 0.717) is 11.1 Å². The van der Waals surface area contributed by atoms with Crippen molar-refractivity contribution in [2.24, 2.45) is 0 Å². The van der Waals surface area contributed by atoms with E-state index in [0.717, 1.165) is 0 Å². The molecule has 5 heteroatoms. The van der Waals surface area contributed by atoms with Gasteiger partial charge in [-0.25, -0.2) is 8.42 Å². The Hall–Kier alpha value is -1.85. The highest BCUT2D eigenvalue weighted by atomic mass is 32.2. The molecule has 0 radical (unpaired) electrons. The third-order valence-corrected chi connectivity index (χ3v) is 4.42. The van der Waals surface area contributed by atoms with Gasteiger partial charge in [-0.1, -0.05) is 51.1 Å². The summed E-state index contributed by atoms with van der Waals surface area (Å²) < 4.78 is 28.9. The number of benzene rings is 2. The van der Waals surface area contributed by atoms with E-state index in [9.17, 15) is 13.5 Å². The van der Waals surface area contributed by atoms with Crippen molar-refractivity contribution in [1.82, 2.24) is 0 Å². The summed E-state index contributed by atoms with van der Waals surface area (Å²) in [5, 5.41) is 9.58. The predicted octanol–water partition coefficient (Wildman–Crippen LogP) is 3.92. The molecule has 0 aromatic heterocycles. The van der Waals surface area contributed by atoms with Gasteiger partial charge in [0, 0.05) is 0 Å². The van der Waals surface area contributed by atoms with Gasteiger partial charge in [0.1, 0.15) is 15.8 Å². The highest BCUT2D eigenvalue weighted by molar-refractivity contribution is 7.94. The van der Waals surface area contributed by atoms with E-state index in [-0.39, 0.29) is 10.6 Å². The molecular formula is C16H18NO3S-. The number of sulfonamides is 1. The quantitative estimate of drug-likeness (QED) is 0.934. The Morgan fingerprint density at radius 3 is 2.29 bits per heavy atom. The van der Waals surface area contributed by atoms with Crippen LogP contribution in [0.5, 0.6) is 5.75 Å². The SMILES string of the molecule is CC(C)(C)[N-]S(=O)(=O)c1ccccc1-c1cccc(O)c1. The molecule has 0 saturated carbocycles. The second kappa shape index (κ2) is 5.50. The van der Waals surface area contributed by atoms with Gasteiger partial charge >= 0.3 is 0 Å². The monoisotopic (exact) mass is 304 g/mol. The van der Waals surface area contributed by atoms with Crippen LogP contribution < -0.4 is 0 Å². The lowest BCUT2D eigenvalue weighted by Crippen LogP contribution is -2.18. The van der Waals surface area contributed by atoms with Crippen molar-refractivity contribution in [2.75, 3.05) is 0 Å². The third kappa shape index (κ3) is 3.83. The zero-order valence-corrected chi connectivity index (χ0v) is 13.1. The normalized spacial score (nSPS) is 12.3. The number of hydrogen-bond donors (Lipinski definition) is 1. The van der Waals surface area contributed by atoms with Crippen LogP contribution in [0.25, 0.3) is 15.8 Å². The van der Waals surface area contributed by atoms with Crippen molar-refractivity contribution in [1.29, 1.82) is 0 Å². The van der Waals surface area contributed by atoms with Crippen LogP contribution in [0.2, 0.25) is 0 Å². The summed E-state index contributed by atoms with van der Waals surface area (Å²) in [5.41, 5.74) is 0.477. The van der Waals surface area contributed by atoms with Crippen LogP contribution in [0.3, 0.4) is 0 Å². The van der Waals surface area contributed by atoms with Crippen LogP contribution in [0.15, 0.2) is 53.4 Å². The number of rotatable bonds is 3. The smallest absolute Gasteiger partial charge is 0.116 e. The highest BCUT2D eigenvalue weighted by Crippen LogP contribution is 2.34. The zero-order valence-electron chi connectivity index (χ0n) is 12.2. The van der Waals surface area contributed by atoms with Gasteiger partial charge < -0.3 is 9.83 Å². The van der Waals surface area contributed by atoms with Gasteiger partial charge in [-0.05, 0) is 29.3 Å². The molecule has 0 heterocycles. The molecule has 0 fully saturated rings. The maximum absolute atomic E-state index is 12.5. The van der Waals surface area contributed by atoms with Gasteiger partial charge in [0.2, 0.25) is 0 Å². The molecule has 1 N–H and O–H groups in total. The maximum atomic E-state index is 12.5. The molecule has 0 saturated heterocycles. The topological polar surface area (TPSA) is 68.5 Å². The largest absolute Gasteiger partial charge is 0.540 e. The lowest BCUT2D eigenvalue weighted by atomic mass is 10.1. The second-order valence-electron chi connectivity index (χ2n) is 5.78. The van der Waals surface area contributed by atoms with E-state index in [1.165, 1.54) is 12.1 Å². The minimum Gasteiger partial charge on any atom is -0.540 e. The summed E-state index contributed by atoms with van der Waals surface area (Å²) in [5.74, 6) is 0.0902. The van der Waals surface area contributed by atoms with Gasteiger partial charge in [-0.3, -0.25) is 0 Å². The summed E-state index contributed by atoms with van der Waals surface area (Å²) in [7, 11) is -3.77. The van der Waals surface area contributed by atoms with E-state index in [2.05, 4.69) is 4.72 Å². The molecule has 4 nitrogen and oxygen atoms in total. The first-order valence-electron chi connectivity index (χ1n) is 6.57. The molecular weight excluding hydrogens is 286 g/mol. The molecule has 0 amide bonds. The first-order valence-corrected chi connectivity index (χ1v) is 8.01. The summed E-state index contributed by atoms with van der Waals surface area (Å²) in [4.78, 5) is 0.144. The van der Waals surface area contributed by atoms with Crippen LogP contribution in [-0.2, 0) is 10.0 Å². The Balaban J connectivity index is 2.57. The second-order valence-corrected chi connectivity index (χ2v) is 7.36. The summed E-state index contributed by atoms with van der Waals surface area (Å²) in [6.45, 7) is 5.21. The van der Waals surface area contributed by atoms with Crippen LogP contribution in [0, 0.1) is 0 Å². The van der Waals surface area contributed by atoms with E-state index in [4.69, 9.17) is 0 Å². The molecule has 2 aromatic rings. The average Bonchev–Trinajstić information content (AvgIpc) is 2.36. The number of aromatic hydroxyl groups is 1. The molecule has 0 atom stereocenters. The number of phenols is 1. The van der Waals surface area contributed by atoms with E-state index >= 15 is 0 Å². The molecule has 112 valence electrons. The molecule has 0 aliphatic carbocycles. The summed E-state index contributed by atoms with van der Waals surface area (Å²) in [6, 6.07) is 13.2.